The molecule has 0 N–H and O–H groups in total. The Labute approximate surface area is 118 Å². The van der Waals surface area contributed by atoms with Crippen molar-refractivity contribution in [1.82, 2.24) is 4.90 Å². The molecule has 0 saturated carbocycles. The molecule has 0 heterocycles. The van der Waals surface area contributed by atoms with Crippen molar-refractivity contribution < 1.29 is 0 Å². The first-order valence-corrected chi connectivity index (χ1v) is 7.62. The molecule has 0 fully saturated rings. The van der Waals surface area contributed by atoms with E-state index in [0.717, 1.165) is 25.3 Å². The minimum Gasteiger partial charge on any atom is -0.305 e. The zero-order chi connectivity index (χ0) is 13.4. The van der Waals surface area contributed by atoms with Crippen molar-refractivity contribution in [3.05, 3.63) is 35.9 Å². The molecular weight excluding hydrogens is 238 g/mol. The van der Waals surface area contributed by atoms with Gasteiger partial charge in [0.05, 0.1) is 0 Å². The number of nitrogens with zero attached hydrogens (tertiary/aromatic N) is 1. The second-order valence-electron chi connectivity index (χ2n) is 5.34. The summed E-state index contributed by atoms with van der Waals surface area (Å²) in [5.74, 6) is 0.982. The summed E-state index contributed by atoms with van der Waals surface area (Å²) >= 11 is 4.55. The highest BCUT2D eigenvalue weighted by molar-refractivity contribution is 7.80. The van der Waals surface area contributed by atoms with Gasteiger partial charge in [0, 0.05) is 13.1 Å². The topological polar surface area (TPSA) is 3.24 Å². The SMILES string of the molecule is CCC(CC)(CS)CN(C)CCc1ccccc1. The maximum atomic E-state index is 4.55. The van der Waals surface area contributed by atoms with E-state index in [2.05, 4.69) is 68.8 Å². The summed E-state index contributed by atoms with van der Waals surface area (Å²) in [6.07, 6.45) is 3.55. The highest BCUT2D eigenvalue weighted by atomic mass is 32.1. The lowest BCUT2D eigenvalue weighted by atomic mass is 9.84. The monoisotopic (exact) mass is 265 g/mol. The van der Waals surface area contributed by atoms with Crippen molar-refractivity contribution in [2.75, 3.05) is 25.9 Å². The molecule has 0 amide bonds. The molecule has 0 aromatic heterocycles. The summed E-state index contributed by atoms with van der Waals surface area (Å²) in [6.45, 7) is 6.84. The molecule has 0 spiro atoms. The molecule has 0 saturated heterocycles. The predicted molar refractivity (Wildman–Crippen MR) is 84.5 cm³/mol. The summed E-state index contributed by atoms with van der Waals surface area (Å²) in [5, 5.41) is 0. The van der Waals surface area contributed by atoms with Gasteiger partial charge in [0.2, 0.25) is 0 Å². The number of hydrogen-bond donors (Lipinski definition) is 1. The van der Waals surface area contributed by atoms with Gasteiger partial charge in [0.15, 0.2) is 0 Å². The molecule has 1 rings (SSSR count). The molecule has 1 aromatic carbocycles. The Hall–Kier alpha value is -0.470. The lowest BCUT2D eigenvalue weighted by Crippen LogP contribution is -2.37. The van der Waals surface area contributed by atoms with Gasteiger partial charge in [0.1, 0.15) is 0 Å². The van der Waals surface area contributed by atoms with E-state index >= 15 is 0 Å². The third-order valence-corrected chi connectivity index (χ3v) is 4.74. The second-order valence-corrected chi connectivity index (χ2v) is 5.65. The number of hydrogen-bond acceptors (Lipinski definition) is 2. The largest absolute Gasteiger partial charge is 0.305 e. The van der Waals surface area contributed by atoms with Gasteiger partial charge in [-0.15, -0.1) is 0 Å². The first-order valence-electron chi connectivity index (χ1n) is 6.99. The van der Waals surface area contributed by atoms with E-state index < -0.39 is 0 Å². The van der Waals surface area contributed by atoms with Crippen LogP contribution in [0.1, 0.15) is 32.3 Å². The molecule has 0 aliphatic carbocycles. The molecule has 0 radical (unpaired) electrons. The van der Waals surface area contributed by atoms with E-state index in [4.69, 9.17) is 0 Å². The fourth-order valence-corrected chi connectivity index (χ4v) is 2.91. The summed E-state index contributed by atoms with van der Waals surface area (Å²) in [4.78, 5) is 2.45. The van der Waals surface area contributed by atoms with Crippen molar-refractivity contribution in [3.63, 3.8) is 0 Å². The molecule has 1 aromatic rings. The molecular formula is C16H27NS. The average Bonchev–Trinajstić information content (AvgIpc) is 2.44. The first-order chi connectivity index (χ1) is 8.65. The fraction of sp³-hybridized carbons (Fsp3) is 0.625. The maximum Gasteiger partial charge on any atom is 0.00427 e. The molecule has 0 atom stereocenters. The van der Waals surface area contributed by atoms with E-state index in [1.54, 1.807) is 0 Å². The van der Waals surface area contributed by atoms with Crippen molar-refractivity contribution in [2.24, 2.45) is 5.41 Å². The molecule has 102 valence electrons. The van der Waals surface area contributed by atoms with E-state index in [1.807, 2.05) is 0 Å². The lowest BCUT2D eigenvalue weighted by Gasteiger charge is -2.34. The van der Waals surface area contributed by atoms with Crippen LogP contribution in [0.3, 0.4) is 0 Å². The third-order valence-electron chi connectivity index (χ3n) is 4.07. The normalized spacial score (nSPS) is 12.1. The molecule has 2 heteroatoms. The van der Waals surface area contributed by atoms with Crippen LogP contribution in [0.25, 0.3) is 0 Å². The predicted octanol–water partition coefficient (Wildman–Crippen LogP) is 3.90. The van der Waals surface area contributed by atoms with E-state index in [0.29, 0.717) is 5.41 Å². The van der Waals surface area contributed by atoms with Crippen molar-refractivity contribution in [1.29, 1.82) is 0 Å². The maximum absolute atomic E-state index is 4.55. The van der Waals surface area contributed by atoms with Crippen LogP contribution in [0.2, 0.25) is 0 Å². The zero-order valence-electron chi connectivity index (χ0n) is 12.0. The van der Waals surface area contributed by atoms with Crippen LogP contribution in [-0.2, 0) is 6.42 Å². The second kappa shape index (κ2) is 7.85. The summed E-state index contributed by atoms with van der Waals surface area (Å²) in [6, 6.07) is 10.7. The molecule has 0 unspecified atom stereocenters. The Morgan fingerprint density at radius 3 is 2.22 bits per heavy atom. The molecule has 18 heavy (non-hydrogen) atoms. The van der Waals surface area contributed by atoms with Crippen LogP contribution in [0.15, 0.2) is 30.3 Å². The highest BCUT2D eigenvalue weighted by Gasteiger charge is 2.25. The van der Waals surface area contributed by atoms with Gasteiger partial charge in [-0.25, -0.2) is 0 Å². The summed E-state index contributed by atoms with van der Waals surface area (Å²) in [5.41, 5.74) is 1.81. The Balaban J connectivity index is 2.43. The van der Waals surface area contributed by atoms with Crippen LogP contribution in [0, 0.1) is 5.41 Å². The fourth-order valence-electron chi connectivity index (χ4n) is 2.36. The smallest absolute Gasteiger partial charge is 0.00427 e. The van der Waals surface area contributed by atoms with Crippen LogP contribution >= 0.6 is 12.6 Å². The Morgan fingerprint density at radius 2 is 1.72 bits per heavy atom. The minimum atomic E-state index is 0.383. The van der Waals surface area contributed by atoms with Gasteiger partial charge in [-0.1, -0.05) is 44.2 Å². The minimum absolute atomic E-state index is 0.383. The van der Waals surface area contributed by atoms with E-state index in [-0.39, 0.29) is 0 Å². The number of likely N-dealkylation sites (N-methyl/N-ethyl adjacent to an activating group) is 1. The molecule has 1 nitrogen and oxygen atoms in total. The first kappa shape index (κ1) is 15.6. The number of benzene rings is 1. The number of rotatable bonds is 8. The highest BCUT2D eigenvalue weighted by Crippen LogP contribution is 2.28. The quantitative estimate of drug-likeness (QED) is 0.698. The van der Waals surface area contributed by atoms with Crippen LogP contribution in [0.4, 0.5) is 0 Å². The van der Waals surface area contributed by atoms with Crippen LogP contribution in [0.5, 0.6) is 0 Å². The van der Waals surface area contributed by atoms with Gasteiger partial charge in [0.25, 0.3) is 0 Å². The lowest BCUT2D eigenvalue weighted by molar-refractivity contribution is 0.186. The van der Waals surface area contributed by atoms with Crippen LogP contribution in [-0.4, -0.2) is 30.8 Å². The van der Waals surface area contributed by atoms with Gasteiger partial charge >= 0.3 is 0 Å². The van der Waals surface area contributed by atoms with E-state index in [1.165, 1.54) is 18.4 Å². The van der Waals surface area contributed by atoms with Crippen molar-refractivity contribution >= 4 is 12.6 Å². The number of thiol groups is 1. The average molecular weight is 265 g/mol. The standard InChI is InChI=1S/C16H27NS/c1-4-16(5-2,14-18)13-17(3)12-11-15-9-7-6-8-10-15/h6-10,18H,4-5,11-14H2,1-3H3. The Bertz CT molecular complexity index is 311. The zero-order valence-corrected chi connectivity index (χ0v) is 12.9. The van der Waals surface area contributed by atoms with Crippen molar-refractivity contribution in [3.8, 4) is 0 Å². The molecule has 0 aliphatic heterocycles. The van der Waals surface area contributed by atoms with Crippen molar-refractivity contribution in [2.45, 2.75) is 33.1 Å². The van der Waals surface area contributed by atoms with Gasteiger partial charge in [-0.3, -0.25) is 0 Å². The molecule has 0 aliphatic rings. The van der Waals surface area contributed by atoms with Gasteiger partial charge < -0.3 is 4.90 Å². The third kappa shape index (κ3) is 4.66. The summed E-state index contributed by atoms with van der Waals surface area (Å²) in [7, 11) is 2.23. The summed E-state index contributed by atoms with van der Waals surface area (Å²) < 4.78 is 0. The van der Waals surface area contributed by atoms with Crippen LogP contribution < -0.4 is 0 Å². The Morgan fingerprint density at radius 1 is 1.11 bits per heavy atom. The van der Waals surface area contributed by atoms with E-state index in [9.17, 15) is 0 Å². The Kier molecular flexibility index (Phi) is 6.80. The van der Waals surface area contributed by atoms with Gasteiger partial charge in [-0.05, 0) is 43.0 Å². The van der Waals surface area contributed by atoms with Gasteiger partial charge in [-0.2, -0.15) is 12.6 Å². The molecule has 0 bridgehead atoms.